The second-order valence-electron chi connectivity index (χ2n) is 6.17. The molecule has 0 bridgehead atoms. The number of pyridine rings is 2. The van der Waals surface area contributed by atoms with Gasteiger partial charge in [-0.2, -0.15) is 0 Å². The van der Waals surface area contributed by atoms with E-state index in [0.29, 0.717) is 33.3 Å². The predicted octanol–water partition coefficient (Wildman–Crippen LogP) is 5.78. The summed E-state index contributed by atoms with van der Waals surface area (Å²) in [6.07, 6.45) is 1.70. The maximum atomic E-state index is 8.59. The number of fused-ring (bicyclic) bond motifs is 3. The van der Waals surface area contributed by atoms with Gasteiger partial charge in [0, 0.05) is 28.3 Å². The number of rotatable bonds is 2. The summed E-state index contributed by atoms with van der Waals surface area (Å²) in [5.41, 5.74) is 3.70. The first-order chi connectivity index (χ1) is 13.1. The van der Waals surface area contributed by atoms with Gasteiger partial charge < -0.3 is 4.42 Å². The highest BCUT2D eigenvalue weighted by molar-refractivity contribution is 6.11. The van der Waals surface area contributed by atoms with E-state index < -0.39 is 12.7 Å². The molecule has 0 saturated heterocycles. The van der Waals surface area contributed by atoms with Crippen LogP contribution in [0.5, 0.6) is 0 Å². The van der Waals surface area contributed by atoms with Crippen molar-refractivity contribution in [1.82, 2.24) is 9.97 Å². The van der Waals surface area contributed by atoms with E-state index in [2.05, 4.69) is 9.97 Å². The van der Waals surface area contributed by atoms with Gasteiger partial charge in [0.1, 0.15) is 5.58 Å². The van der Waals surface area contributed by atoms with Crippen molar-refractivity contribution in [3.05, 3.63) is 59.4 Å². The molecule has 0 unspecified atom stereocenters. The van der Waals surface area contributed by atoms with Gasteiger partial charge in [0.15, 0.2) is 0 Å². The van der Waals surface area contributed by atoms with Gasteiger partial charge in [0.05, 0.1) is 11.1 Å². The van der Waals surface area contributed by atoms with E-state index in [0.717, 1.165) is 5.56 Å². The normalized spacial score (nSPS) is 15.1. The predicted molar refractivity (Wildman–Crippen MR) is 98.3 cm³/mol. The summed E-state index contributed by atoms with van der Waals surface area (Å²) in [7, 11) is 0. The van der Waals surface area contributed by atoms with Gasteiger partial charge in [-0.1, -0.05) is 26.0 Å². The number of benzene rings is 1. The Kier molecular flexibility index (Phi) is 2.49. The minimum absolute atomic E-state index is 0.192. The Morgan fingerprint density at radius 2 is 2.04 bits per heavy atom. The Bertz CT molecular complexity index is 1190. The lowest BCUT2D eigenvalue weighted by Gasteiger charge is -2.10. The molecule has 3 heteroatoms. The number of aromatic nitrogens is 2. The summed E-state index contributed by atoms with van der Waals surface area (Å²) in [6, 6.07) is 10.9. The van der Waals surface area contributed by atoms with E-state index >= 15 is 0 Å². The monoisotopic (exact) mass is 320 g/mol. The van der Waals surface area contributed by atoms with Gasteiger partial charge in [-0.25, -0.2) is 4.98 Å². The SMILES string of the molecule is [2H]C([2H])([2H])c1cc(C)nc2oc3c(-c4ccccn4)ccc(C([2H])(C)C)c3c12. The summed E-state index contributed by atoms with van der Waals surface area (Å²) < 4.78 is 38.7. The lowest BCUT2D eigenvalue weighted by molar-refractivity contribution is 0.652. The second kappa shape index (κ2) is 5.45. The van der Waals surface area contributed by atoms with Gasteiger partial charge in [-0.05, 0) is 55.1 Å². The lowest BCUT2D eigenvalue weighted by Crippen LogP contribution is -1.92. The maximum Gasteiger partial charge on any atom is 0.227 e. The van der Waals surface area contributed by atoms with Crippen molar-refractivity contribution in [2.24, 2.45) is 0 Å². The quantitative estimate of drug-likeness (QED) is 0.469. The van der Waals surface area contributed by atoms with Gasteiger partial charge >= 0.3 is 0 Å². The molecular formula is C21H20N2O. The van der Waals surface area contributed by atoms with Gasteiger partial charge in [-0.3, -0.25) is 4.98 Å². The third kappa shape index (κ3) is 2.20. The van der Waals surface area contributed by atoms with Crippen molar-refractivity contribution < 1.29 is 9.90 Å². The summed E-state index contributed by atoms with van der Waals surface area (Å²) in [6.45, 7) is 2.97. The largest absolute Gasteiger partial charge is 0.437 e. The minimum atomic E-state index is -2.33. The fourth-order valence-electron chi connectivity index (χ4n) is 3.13. The van der Waals surface area contributed by atoms with E-state index in [9.17, 15) is 0 Å². The Morgan fingerprint density at radius 1 is 1.17 bits per heavy atom. The highest BCUT2D eigenvalue weighted by Gasteiger charge is 2.20. The first-order valence-electron chi connectivity index (χ1n) is 9.86. The van der Waals surface area contributed by atoms with Crippen LogP contribution in [-0.2, 0) is 0 Å². The molecule has 3 aromatic heterocycles. The number of aryl methyl sites for hydroxylation is 2. The molecule has 1 aromatic carbocycles. The number of hydrogen-bond acceptors (Lipinski definition) is 3. The van der Waals surface area contributed by atoms with Crippen molar-refractivity contribution in [1.29, 1.82) is 0 Å². The molecule has 0 saturated carbocycles. The van der Waals surface area contributed by atoms with Gasteiger partial charge in [-0.15, -0.1) is 0 Å². The van der Waals surface area contributed by atoms with E-state index in [1.54, 1.807) is 33.0 Å². The number of hydrogen-bond donors (Lipinski definition) is 0. The molecule has 0 aliphatic carbocycles. The van der Waals surface area contributed by atoms with Crippen molar-refractivity contribution in [2.75, 3.05) is 0 Å². The minimum Gasteiger partial charge on any atom is -0.437 e. The van der Waals surface area contributed by atoms with Crippen LogP contribution in [0.1, 0.15) is 42.0 Å². The average Bonchev–Trinajstić information content (AvgIpc) is 2.97. The molecule has 0 atom stereocenters. The molecule has 0 spiro atoms. The van der Waals surface area contributed by atoms with Crippen LogP contribution in [-0.4, -0.2) is 9.97 Å². The molecule has 0 aliphatic rings. The average molecular weight is 320 g/mol. The molecule has 0 N–H and O–H groups in total. The summed E-state index contributed by atoms with van der Waals surface area (Å²) in [5, 5.41) is 1.07. The molecule has 0 aliphatic heterocycles. The Hall–Kier alpha value is -2.68. The molecule has 4 rings (SSSR count). The van der Waals surface area contributed by atoms with Crippen molar-refractivity contribution in [3.8, 4) is 11.3 Å². The third-order valence-electron chi connectivity index (χ3n) is 4.20. The zero-order valence-electron chi connectivity index (χ0n) is 17.8. The smallest absolute Gasteiger partial charge is 0.227 e. The van der Waals surface area contributed by atoms with Crippen LogP contribution in [0.15, 0.2) is 47.0 Å². The molecule has 120 valence electrons. The Morgan fingerprint density at radius 3 is 2.75 bits per heavy atom. The number of furan rings is 1. The molecule has 24 heavy (non-hydrogen) atoms. The van der Waals surface area contributed by atoms with Crippen LogP contribution < -0.4 is 0 Å². The third-order valence-corrected chi connectivity index (χ3v) is 4.20. The molecule has 0 amide bonds. The fourth-order valence-corrected chi connectivity index (χ4v) is 3.13. The van der Waals surface area contributed by atoms with E-state index in [1.165, 1.54) is 0 Å². The first-order valence-corrected chi connectivity index (χ1v) is 7.86. The van der Waals surface area contributed by atoms with E-state index in [1.807, 2.05) is 30.3 Å². The van der Waals surface area contributed by atoms with Crippen LogP contribution >= 0.6 is 0 Å². The van der Waals surface area contributed by atoms with E-state index in [4.69, 9.17) is 9.90 Å². The van der Waals surface area contributed by atoms with E-state index in [-0.39, 0.29) is 11.3 Å². The number of nitrogens with zero attached hydrogens (tertiary/aromatic N) is 2. The first kappa shape index (κ1) is 11.0. The summed E-state index contributed by atoms with van der Waals surface area (Å²) in [5.74, 6) is -0.950. The van der Waals surface area contributed by atoms with Crippen molar-refractivity contribution >= 4 is 22.1 Å². The lowest BCUT2D eigenvalue weighted by atomic mass is 9.93. The van der Waals surface area contributed by atoms with Crippen molar-refractivity contribution in [3.63, 3.8) is 0 Å². The Labute approximate surface area is 147 Å². The molecule has 3 heterocycles. The molecular weight excluding hydrogens is 296 g/mol. The van der Waals surface area contributed by atoms with Gasteiger partial charge in [0.25, 0.3) is 0 Å². The van der Waals surface area contributed by atoms with Crippen LogP contribution in [0.2, 0.25) is 0 Å². The van der Waals surface area contributed by atoms with Crippen LogP contribution in [0.4, 0.5) is 0 Å². The zero-order valence-corrected chi connectivity index (χ0v) is 13.8. The maximum absolute atomic E-state index is 8.59. The zero-order chi connectivity index (χ0) is 20.3. The van der Waals surface area contributed by atoms with Crippen LogP contribution in [0.25, 0.3) is 33.3 Å². The highest BCUT2D eigenvalue weighted by atomic mass is 16.3. The summed E-state index contributed by atoms with van der Waals surface area (Å²) in [4.78, 5) is 8.86. The Balaban J connectivity index is 2.24. The highest BCUT2D eigenvalue weighted by Crippen LogP contribution is 2.40. The topological polar surface area (TPSA) is 38.9 Å². The standard InChI is InChI=1S/C21H20N2O/c1-12(2)15-8-9-16(17-7-5-6-10-22-17)20-19(15)18-13(3)11-14(4)23-21(18)24-20/h5-12H,1-4H3/i3D3,12D. The van der Waals surface area contributed by atoms with Crippen LogP contribution in [0, 0.1) is 13.8 Å². The molecule has 0 radical (unpaired) electrons. The van der Waals surface area contributed by atoms with Crippen LogP contribution in [0.3, 0.4) is 0 Å². The molecule has 0 fully saturated rings. The van der Waals surface area contributed by atoms with Gasteiger partial charge in [0.2, 0.25) is 5.71 Å². The second-order valence-corrected chi connectivity index (χ2v) is 6.17. The molecule has 4 aromatic rings. The van der Waals surface area contributed by atoms with Crippen molar-refractivity contribution in [2.45, 2.75) is 33.5 Å². The fraction of sp³-hybridized carbons (Fsp3) is 0.238. The summed E-state index contributed by atoms with van der Waals surface area (Å²) >= 11 is 0. The molecule has 3 nitrogen and oxygen atoms in total.